The van der Waals surface area contributed by atoms with E-state index in [-0.39, 0.29) is 17.2 Å². The predicted octanol–water partition coefficient (Wildman–Crippen LogP) is 6.73. The van der Waals surface area contributed by atoms with E-state index in [1.807, 2.05) is 6.08 Å². The second kappa shape index (κ2) is 19.8. The maximum atomic E-state index is 11.2. The van der Waals surface area contributed by atoms with Gasteiger partial charge in [-0.1, -0.05) is 122 Å². The average molecular weight is 476 g/mol. The van der Waals surface area contributed by atoms with E-state index < -0.39 is 5.97 Å². The van der Waals surface area contributed by atoms with Crippen molar-refractivity contribution >= 4 is 11.8 Å². The van der Waals surface area contributed by atoms with Gasteiger partial charge in [-0.3, -0.25) is 5.73 Å². The molecule has 1 rings (SSSR count). The van der Waals surface area contributed by atoms with Crippen molar-refractivity contribution in [1.82, 2.24) is 0 Å². The largest absolute Gasteiger partial charge is 0.544 e. The van der Waals surface area contributed by atoms with Crippen LogP contribution >= 0.6 is 0 Å². The highest BCUT2D eigenvalue weighted by atomic mass is 16.4. The summed E-state index contributed by atoms with van der Waals surface area (Å²) < 4.78 is 0.0258. The monoisotopic (exact) mass is 475 g/mol. The van der Waals surface area contributed by atoms with E-state index in [2.05, 4.69) is 18.0 Å². The number of aliphatic imine (C=N–C) groups is 1. The third kappa shape index (κ3) is 13.4. The molecule has 1 heterocycles. The minimum absolute atomic E-state index is 0.0258. The molecular weight excluding hydrogens is 422 g/mol. The summed E-state index contributed by atoms with van der Waals surface area (Å²) >= 11 is 0. The summed E-state index contributed by atoms with van der Waals surface area (Å²) in [6.07, 6.45) is 32.9. The Hall–Kier alpha value is -1.46. The number of carboxylic acids is 1. The fraction of sp³-hybridized carbons (Fsp3) is 0.793. The zero-order valence-electron chi connectivity index (χ0n) is 22.3. The van der Waals surface area contributed by atoms with Gasteiger partial charge in [-0.15, -0.1) is 0 Å². The maximum Gasteiger partial charge on any atom is 0.233 e. The number of nitrogens with zero attached hydrogens (tertiary/aromatic N) is 2. The third-order valence-corrected chi connectivity index (χ3v) is 7.07. The molecule has 2 N–H and O–H groups in total. The second-order valence-electron chi connectivity index (χ2n) is 10.2. The molecule has 0 aromatic heterocycles. The van der Waals surface area contributed by atoms with Gasteiger partial charge in [0.2, 0.25) is 5.84 Å². The molecule has 0 saturated carbocycles. The first kappa shape index (κ1) is 30.6. The molecule has 0 aromatic rings. The van der Waals surface area contributed by atoms with Crippen molar-refractivity contribution in [3.8, 4) is 0 Å². The number of rotatable bonds is 23. The Morgan fingerprint density at radius 2 is 1.32 bits per heavy atom. The Bertz CT molecular complexity index is 612. The summed E-state index contributed by atoms with van der Waals surface area (Å²) in [4.78, 5) is 15.5. The summed E-state index contributed by atoms with van der Waals surface area (Å²) in [5, 5.41) is 11.2. The molecule has 0 aliphatic carbocycles. The quantitative estimate of drug-likeness (QED) is 0.131. The number of hydrogen-bond donors (Lipinski definition) is 1. The highest BCUT2D eigenvalue weighted by molar-refractivity contribution is 5.90. The summed E-state index contributed by atoms with van der Waals surface area (Å²) in [5.41, 5.74) is 6.06. The highest BCUT2D eigenvalue weighted by Crippen LogP contribution is 2.21. The molecule has 2 unspecified atom stereocenters. The molecule has 0 amide bonds. The van der Waals surface area contributed by atoms with Crippen LogP contribution in [0.25, 0.3) is 0 Å². The third-order valence-electron chi connectivity index (χ3n) is 7.07. The summed E-state index contributed by atoms with van der Waals surface area (Å²) in [6, 6.07) is 0. The van der Waals surface area contributed by atoms with Gasteiger partial charge in [-0.2, -0.15) is 4.99 Å². The Morgan fingerprint density at radius 1 is 0.882 bits per heavy atom. The molecule has 1 aliphatic rings. The van der Waals surface area contributed by atoms with Crippen molar-refractivity contribution < 1.29 is 14.4 Å². The minimum atomic E-state index is -1.12. The van der Waals surface area contributed by atoms with Crippen LogP contribution in [0.5, 0.6) is 0 Å². The van der Waals surface area contributed by atoms with Crippen LogP contribution in [-0.4, -0.2) is 29.0 Å². The molecule has 0 bridgehead atoms. The lowest BCUT2D eigenvalue weighted by Crippen LogP contribution is -2.60. The van der Waals surface area contributed by atoms with Crippen molar-refractivity contribution in [3.63, 3.8) is 0 Å². The fourth-order valence-corrected chi connectivity index (χ4v) is 4.78. The molecule has 0 fully saturated rings. The number of carbonyl (C=O) groups is 1. The standard InChI is InChI=1S/C29H53N3O2/c1-3-4-5-6-7-8-9-10-11-12-13-14-15-16-17-18-19-20-21-22-23-28-31-24-25-32(28,27(2)30)26-29(33)34/h22-25,27H,3-21,26,30H2,1-2H3/b23-22+. The van der Waals surface area contributed by atoms with Gasteiger partial charge >= 0.3 is 0 Å². The Morgan fingerprint density at radius 3 is 1.74 bits per heavy atom. The number of carbonyl (C=O) groups excluding carboxylic acids is 1. The Kier molecular flexibility index (Phi) is 17.8. The van der Waals surface area contributed by atoms with Gasteiger partial charge in [0.25, 0.3) is 0 Å². The van der Waals surface area contributed by atoms with Gasteiger partial charge in [-0.05, 0) is 12.8 Å². The topological polar surface area (TPSA) is 78.5 Å². The van der Waals surface area contributed by atoms with Gasteiger partial charge in [0.05, 0.1) is 12.2 Å². The summed E-state index contributed by atoms with van der Waals surface area (Å²) in [6.45, 7) is 3.90. The van der Waals surface area contributed by atoms with E-state index in [1.165, 1.54) is 109 Å². The van der Waals surface area contributed by atoms with Crippen LogP contribution in [0.2, 0.25) is 0 Å². The first-order valence-electron chi connectivity index (χ1n) is 14.3. The van der Waals surface area contributed by atoms with Crippen LogP contribution in [-0.2, 0) is 4.79 Å². The Balaban J connectivity index is 1.93. The number of unbranched alkanes of at least 4 members (excludes halogenated alkanes) is 18. The Labute approximate surface area is 210 Å². The lowest BCUT2D eigenvalue weighted by Gasteiger charge is -2.35. The SMILES string of the molecule is CCCCCCCCCCCCCCCCCCCC/C=C/C1=NC=C[N+]1(CC(=O)[O-])C(C)N. The zero-order valence-corrected chi connectivity index (χ0v) is 22.3. The number of hydrogen-bond acceptors (Lipinski definition) is 4. The molecule has 0 spiro atoms. The van der Waals surface area contributed by atoms with Crippen molar-refractivity contribution in [3.05, 3.63) is 24.6 Å². The number of allylic oxidation sites excluding steroid dienone is 1. The number of nitrogens with two attached hydrogens (primary N) is 1. The van der Waals surface area contributed by atoms with Crippen molar-refractivity contribution in [2.75, 3.05) is 6.54 Å². The van der Waals surface area contributed by atoms with E-state index in [0.29, 0.717) is 5.84 Å². The molecule has 34 heavy (non-hydrogen) atoms. The lowest BCUT2D eigenvalue weighted by molar-refractivity contribution is -0.805. The zero-order chi connectivity index (χ0) is 24.9. The van der Waals surface area contributed by atoms with Crippen LogP contribution < -0.4 is 10.8 Å². The van der Waals surface area contributed by atoms with Crippen molar-refractivity contribution in [2.45, 2.75) is 142 Å². The van der Waals surface area contributed by atoms with E-state index in [4.69, 9.17) is 5.73 Å². The van der Waals surface area contributed by atoms with Gasteiger partial charge in [-0.25, -0.2) is 4.48 Å². The van der Waals surface area contributed by atoms with Crippen LogP contribution in [0.3, 0.4) is 0 Å². The van der Waals surface area contributed by atoms with E-state index in [0.717, 1.165) is 12.8 Å². The van der Waals surface area contributed by atoms with Crippen molar-refractivity contribution in [1.29, 1.82) is 0 Å². The van der Waals surface area contributed by atoms with Gasteiger partial charge in [0.1, 0.15) is 18.9 Å². The van der Waals surface area contributed by atoms with Gasteiger partial charge in [0.15, 0.2) is 0 Å². The molecule has 5 nitrogen and oxygen atoms in total. The van der Waals surface area contributed by atoms with Crippen LogP contribution in [0, 0.1) is 0 Å². The van der Waals surface area contributed by atoms with Gasteiger partial charge in [0, 0.05) is 13.0 Å². The van der Waals surface area contributed by atoms with Crippen molar-refractivity contribution in [2.24, 2.45) is 10.7 Å². The van der Waals surface area contributed by atoms with Crippen LogP contribution in [0.1, 0.15) is 136 Å². The average Bonchev–Trinajstić information content (AvgIpc) is 3.20. The molecule has 1 aliphatic heterocycles. The molecule has 0 radical (unpaired) electrons. The van der Waals surface area contributed by atoms with E-state index in [1.54, 1.807) is 19.3 Å². The molecule has 196 valence electrons. The summed E-state index contributed by atoms with van der Waals surface area (Å²) in [5.74, 6) is -0.435. The number of carboxylic acid groups (broad SMARTS) is 1. The normalized spacial score (nSPS) is 18.6. The van der Waals surface area contributed by atoms with E-state index >= 15 is 0 Å². The number of aliphatic carboxylic acids is 1. The molecule has 5 heteroatoms. The summed E-state index contributed by atoms with van der Waals surface area (Å²) in [7, 11) is 0. The first-order chi connectivity index (χ1) is 16.5. The molecular formula is C29H53N3O2. The smallest absolute Gasteiger partial charge is 0.233 e. The first-order valence-corrected chi connectivity index (χ1v) is 14.3. The van der Waals surface area contributed by atoms with Crippen LogP contribution in [0.4, 0.5) is 0 Å². The lowest BCUT2D eigenvalue weighted by atomic mass is 10.0. The number of quaternary nitrogens is 1. The fourth-order valence-electron chi connectivity index (χ4n) is 4.78. The highest BCUT2D eigenvalue weighted by Gasteiger charge is 2.37. The molecule has 0 aromatic carbocycles. The maximum absolute atomic E-state index is 11.2. The minimum Gasteiger partial charge on any atom is -0.544 e. The molecule has 0 saturated heterocycles. The van der Waals surface area contributed by atoms with E-state index in [9.17, 15) is 9.90 Å². The van der Waals surface area contributed by atoms with Crippen LogP contribution in [0.15, 0.2) is 29.5 Å². The second-order valence-corrected chi connectivity index (χ2v) is 10.2. The van der Waals surface area contributed by atoms with Gasteiger partial charge < -0.3 is 9.90 Å². The molecule has 2 atom stereocenters. The predicted molar refractivity (Wildman–Crippen MR) is 143 cm³/mol. The number of amidine groups is 1.